The Labute approximate surface area is 228 Å². The fourth-order valence-corrected chi connectivity index (χ4v) is 6.46. The number of benzene rings is 3. The minimum Gasteiger partial charge on any atom is -0.260 e. The first-order valence-electron chi connectivity index (χ1n) is 13.2. The lowest BCUT2D eigenvalue weighted by molar-refractivity contribution is 0.411. The molecule has 0 saturated heterocycles. The molecule has 0 radical (unpaired) electrons. The van der Waals surface area contributed by atoms with Gasteiger partial charge >= 0.3 is 0 Å². The van der Waals surface area contributed by atoms with Crippen LogP contribution in [0.3, 0.4) is 0 Å². The van der Waals surface area contributed by atoms with Gasteiger partial charge in [-0.15, -0.1) is 11.3 Å². The van der Waals surface area contributed by atoms with Crippen LogP contribution in [-0.4, -0.2) is 15.0 Å². The second-order valence-electron chi connectivity index (χ2n) is 12.5. The first-order valence-corrected chi connectivity index (χ1v) is 14.0. The van der Waals surface area contributed by atoms with Crippen molar-refractivity contribution in [3.63, 3.8) is 0 Å². The highest BCUT2D eigenvalue weighted by Crippen LogP contribution is 2.41. The van der Waals surface area contributed by atoms with Crippen molar-refractivity contribution in [3.05, 3.63) is 90.5 Å². The third kappa shape index (κ3) is 4.58. The molecule has 0 amide bonds. The van der Waals surface area contributed by atoms with Crippen LogP contribution in [0.1, 0.15) is 52.8 Å². The van der Waals surface area contributed by atoms with Crippen molar-refractivity contribution >= 4 is 42.4 Å². The molecule has 0 bridgehead atoms. The Bertz CT molecular complexity index is 1800. The number of nitrogens with zero attached hydrogens (tertiary/aromatic N) is 3. The van der Waals surface area contributed by atoms with Crippen molar-refractivity contribution in [2.45, 2.75) is 53.4 Å². The fraction of sp³-hybridized carbons (Fsp3) is 0.265. The summed E-state index contributed by atoms with van der Waals surface area (Å²) in [6.45, 7) is 13.5. The Morgan fingerprint density at radius 2 is 1.55 bits per heavy atom. The van der Waals surface area contributed by atoms with E-state index >= 15 is 0 Å². The Morgan fingerprint density at radius 1 is 0.737 bits per heavy atom. The second kappa shape index (κ2) is 8.99. The Kier molecular flexibility index (Phi) is 5.84. The van der Waals surface area contributed by atoms with E-state index in [0.717, 1.165) is 39.2 Å². The van der Waals surface area contributed by atoms with E-state index in [4.69, 9.17) is 15.0 Å². The zero-order valence-electron chi connectivity index (χ0n) is 23.0. The molecule has 6 aromatic rings. The molecule has 0 atom stereocenters. The van der Waals surface area contributed by atoms with Gasteiger partial charge in [0.05, 0.1) is 15.9 Å². The number of hydrogen-bond acceptors (Lipinski definition) is 4. The van der Waals surface area contributed by atoms with E-state index in [2.05, 4.69) is 108 Å². The molecule has 0 aliphatic carbocycles. The monoisotopic (exact) mass is 515 g/mol. The van der Waals surface area contributed by atoms with Crippen molar-refractivity contribution in [2.75, 3.05) is 0 Å². The molecule has 190 valence electrons. The molecule has 6 rings (SSSR count). The molecule has 0 saturated carbocycles. The fourth-order valence-electron chi connectivity index (χ4n) is 5.23. The van der Waals surface area contributed by atoms with Gasteiger partial charge in [0.15, 0.2) is 0 Å². The summed E-state index contributed by atoms with van der Waals surface area (Å²) in [5, 5.41) is 3.62. The van der Waals surface area contributed by atoms with Crippen LogP contribution in [0.25, 0.3) is 53.5 Å². The van der Waals surface area contributed by atoms with Crippen LogP contribution >= 0.6 is 11.3 Å². The average molecular weight is 516 g/mol. The lowest BCUT2D eigenvalue weighted by Gasteiger charge is -2.18. The number of rotatable bonds is 3. The van der Waals surface area contributed by atoms with Gasteiger partial charge in [0.25, 0.3) is 0 Å². The van der Waals surface area contributed by atoms with Crippen LogP contribution in [0.15, 0.2) is 79.3 Å². The van der Waals surface area contributed by atoms with E-state index in [0.29, 0.717) is 0 Å². The van der Waals surface area contributed by atoms with Gasteiger partial charge in [-0.2, -0.15) is 0 Å². The van der Waals surface area contributed by atoms with Crippen molar-refractivity contribution in [1.29, 1.82) is 0 Å². The highest BCUT2D eigenvalue weighted by atomic mass is 32.1. The normalized spacial score (nSPS) is 12.6. The van der Waals surface area contributed by atoms with Gasteiger partial charge in [0.2, 0.25) is 0 Å². The van der Waals surface area contributed by atoms with E-state index < -0.39 is 0 Å². The topological polar surface area (TPSA) is 38.7 Å². The highest BCUT2D eigenvalue weighted by molar-refractivity contribution is 7.26. The van der Waals surface area contributed by atoms with Gasteiger partial charge in [0.1, 0.15) is 6.33 Å². The third-order valence-electron chi connectivity index (χ3n) is 7.03. The van der Waals surface area contributed by atoms with Crippen LogP contribution < -0.4 is 0 Å². The zero-order valence-corrected chi connectivity index (χ0v) is 23.8. The SMILES string of the molecule is CC(C)(C)Cc1ccc2c(c1)sc1c(-c3cc(-c4ccc(C(C)(C)C)nc4)c4ccccc4c3)ncnc12. The van der Waals surface area contributed by atoms with Crippen molar-refractivity contribution in [1.82, 2.24) is 15.0 Å². The van der Waals surface area contributed by atoms with E-state index in [9.17, 15) is 0 Å². The summed E-state index contributed by atoms with van der Waals surface area (Å²) in [7, 11) is 0. The van der Waals surface area contributed by atoms with Gasteiger partial charge in [-0.1, -0.05) is 84.0 Å². The first-order chi connectivity index (χ1) is 18.1. The van der Waals surface area contributed by atoms with Gasteiger partial charge in [-0.3, -0.25) is 4.98 Å². The summed E-state index contributed by atoms with van der Waals surface area (Å²) < 4.78 is 2.41. The Balaban J connectivity index is 1.53. The van der Waals surface area contributed by atoms with Crippen molar-refractivity contribution in [3.8, 4) is 22.4 Å². The molecular weight excluding hydrogens is 482 g/mol. The number of thiophene rings is 1. The lowest BCUT2D eigenvalue weighted by atomic mass is 9.88. The molecule has 0 aliphatic rings. The van der Waals surface area contributed by atoms with Crippen molar-refractivity contribution in [2.24, 2.45) is 5.41 Å². The molecule has 0 unspecified atom stereocenters. The van der Waals surface area contributed by atoms with Crippen LogP contribution in [0.4, 0.5) is 0 Å². The number of fused-ring (bicyclic) bond motifs is 4. The summed E-state index contributed by atoms with van der Waals surface area (Å²) in [6.07, 6.45) is 4.77. The minimum absolute atomic E-state index is 0.0168. The molecule has 0 fully saturated rings. The second-order valence-corrected chi connectivity index (χ2v) is 13.5. The molecule has 38 heavy (non-hydrogen) atoms. The van der Waals surface area contributed by atoms with Crippen molar-refractivity contribution < 1.29 is 0 Å². The summed E-state index contributed by atoms with van der Waals surface area (Å²) in [5.41, 5.74) is 8.13. The molecule has 3 aromatic heterocycles. The van der Waals surface area contributed by atoms with Crippen LogP contribution in [0, 0.1) is 5.41 Å². The molecule has 3 aromatic carbocycles. The maximum Gasteiger partial charge on any atom is 0.116 e. The first kappa shape index (κ1) is 24.7. The van der Waals surface area contributed by atoms with Gasteiger partial charge in [-0.25, -0.2) is 9.97 Å². The predicted molar refractivity (Wildman–Crippen MR) is 163 cm³/mol. The number of pyridine rings is 1. The third-order valence-corrected chi connectivity index (χ3v) is 8.18. The largest absolute Gasteiger partial charge is 0.260 e. The van der Waals surface area contributed by atoms with Crippen LogP contribution in [0.5, 0.6) is 0 Å². The number of hydrogen-bond donors (Lipinski definition) is 0. The molecular formula is C34H33N3S. The van der Waals surface area contributed by atoms with E-state index in [1.807, 2.05) is 6.20 Å². The van der Waals surface area contributed by atoms with Crippen LogP contribution in [-0.2, 0) is 11.8 Å². The Hall–Kier alpha value is -3.63. The maximum absolute atomic E-state index is 4.83. The zero-order chi connectivity index (χ0) is 26.7. The van der Waals surface area contributed by atoms with E-state index in [-0.39, 0.29) is 10.8 Å². The van der Waals surface area contributed by atoms with E-state index in [1.54, 1.807) is 17.7 Å². The molecule has 3 heterocycles. The Morgan fingerprint density at radius 3 is 2.29 bits per heavy atom. The smallest absolute Gasteiger partial charge is 0.116 e. The highest BCUT2D eigenvalue weighted by Gasteiger charge is 2.18. The standard InChI is InChI=1S/C34H33N3S/c1-33(2,3)18-21-11-13-26-28(15-21)38-32-30(36-20-37-31(26)32)24-16-22-9-7-8-10-25(22)27(17-24)23-12-14-29(35-19-23)34(4,5)6/h7-17,19-20H,18H2,1-6H3. The summed E-state index contributed by atoms with van der Waals surface area (Å²) in [5.74, 6) is 0. The molecule has 3 nitrogen and oxygen atoms in total. The summed E-state index contributed by atoms with van der Waals surface area (Å²) >= 11 is 1.80. The molecule has 0 N–H and O–H groups in total. The number of aromatic nitrogens is 3. The average Bonchev–Trinajstić information content (AvgIpc) is 3.24. The van der Waals surface area contributed by atoms with Crippen LogP contribution in [0.2, 0.25) is 0 Å². The quantitative estimate of drug-likeness (QED) is 0.235. The van der Waals surface area contributed by atoms with E-state index in [1.165, 1.54) is 32.0 Å². The molecule has 0 spiro atoms. The van der Waals surface area contributed by atoms with Gasteiger partial charge < -0.3 is 0 Å². The summed E-state index contributed by atoms with van der Waals surface area (Å²) in [4.78, 5) is 14.4. The molecule has 4 heteroatoms. The maximum atomic E-state index is 4.83. The lowest BCUT2D eigenvalue weighted by Crippen LogP contribution is -2.12. The van der Waals surface area contributed by atoms with Gasteiger partial charge in [0, 0.05) is 38.5 Å². The summed E-state index contributed by atoms with van der Waals surface area (Å²) in [6, 6.07) is 24.3. The molecule has 0 aliphatic heterocycles. The minimum atomic E-state index is 0.0168. The predicted octanol–water partition coefficient (Wildman–Crippen LogP) is 9.61. The van der Waals surface area contributed by atoms with Gasteiger partial charge in [-0.05, 0) is 58.0 Å².